The van der Waals surface area contributed by atoms with Crippen molar-refractivity contribution in [3.8, 4) is 5.75 Å². The first-order valence-electron chi connectivity index (χ1n) is 10.9. The molecule has 0 bridgehead atoms. The molecular formula is C25H27BrClF2NO4. The molecular weight excluding hydrogens is 532 g/mol. The van der Waals surface area contributed by atoms with E-state index in [2.05, 4.69) is 20.7 Å². The summed E-state index contributed by atoms with van der Waals surface area (Å²) in [5.74, 6) is -0.544. The predicted octanol–water partition coefficient (Wildman–Crippen LogP) is 6.52. The van der Waals surface area contributed by atoms with Gasteiger partial charge in [0, 0.05) is 40.5 Å². The molecule has 1 heterocycles. The van der Waals surface area contributed by atoms with Gasteiger partial charge in [0.1, 0.15) is 17.4 Å². The highest BCUT2D eigenvalue weighted by atomic mass is 79.9. The number of nitrogens with zero attached hydrogens (tertiary/aromatic N) is 1. The number of fused-ring (bicyclic) bond motifs is 1. The third-order valence-electron chi connectivity index (χ3n) is 5.23. The van der Waals surface area contributed by atoms with E-state index in [-0.39, 0.29) is 30.0 Å². The van der Waals surface area contributed by atoms with Gasteiger partial charge in [0.2, 0.25) is 0 Å². The Morgan fingerprint density at radius 1 is 1.18 bits per heavy atom. The summed E-state index contributed by atoms with van der Waals surface area (Å²) >= 11 is 8.37. The van der Waals surface area contributed by atoms with Gasteiger partial charge in [-0.3, -0.25) is 4.79 Å². The fraction of sp³-hybridized carbons (Fsp3) is 0.440. The molecule has 1 unspecified atom stereocenters. The molecule has 1 atom stereocenters. The van der Waals surface area contributed by atoms with E-state index in [0.29, 0.717) is 17.5 Å². The molecule has 9 heteroatoms. The molecule has 0 fully saturated rings. The van der Waals surface area contributed by atoms with E-state index in [1.807, 2.05) is 45.6 Å². The summed E-state index contributed by atoms with van der Waals surface area (Å²) < 4.78 is 36.2. The van der Waals surface area contributed by atoms with Crippen molar-refractivity contribution in [1.82, 2.24) is 0 Å². The number of anilines is 1. The quantitative estimate of drug-likeness (QED) is 0.220. The first kappa shape index (κ1) is 26.4. The molecule has 0 radical (unpaired) electrons. The van der Waals surface area contributed by atoms with Gasteiger partial charge in [-0.2, -0.15) is 0 Å². The lowest BCUT2D eigenvalue weighted by Crippen LogP contribution is -2.46. The third kappa shape index (κ3) is 6.48. The van der Waals surface area contributed by atoms with Gasteiger partial charge in [0.25, 0.3) is 0 Å². The Bertz CT molecular complexity index is 1080. The molecule has 0 spiro atoms. The van der Waals surface area contributed by atoms with E-state index < -0.39 is 17.2 Å². The normalized spacial score (nSPS) is 15.9. The summed E-state index contributed by atoms with van der Waals surface area (Å²) in [6.07, 6.45) is 0.507. The summed E-state index contributed by atoms with van der Waals surface area (Å²) in [4.78, 5) is 27.9. The van der Waals surface area contributed by atoms with Crippen molar-refractivity contribution < 1.29 is 27.8 Å². The summed E-state index contributed by atoms with van der Waals surface area (Å²) in [5, 5.41) is 0. The van der Waals surface area contributed by atoms with Crippen LogP contribution in [0.15, 0.2) is 40.9 Å². The maximum absolute atomic E-state index is 13.0. The smallest absolute Gasteiger partial charge is 0.458 e. The van der Waals surface area contributed by atoms with E-state index >= 15 is 0 Å². The summed E-state index contributed by atoms with van der Waals surface area (Å²) in [7, 11) is 0. The molecule has 3 rings (SSSR count). The first-order chi connectivity index (χ1) is 15.6. The summed E-state index contributed by atoms with van der Waals surface area (Å²) in [5.41, 5.74) is -1.50. The van der Waals surface area contributed by atoms with Crippen LogP contribution in [0.3, 0.4) is 0 Å². The molecule has 5 nitrogen and oxygen atoms in total. The molecule has 0 saturated heterocycles. The van der Waals surface area contributed by atoms with Crippen molar-refractivity contribution >= 4 is 45.0 Å². The van der Waals surface area contributed by atoms with Gasteiger partial charge in [-0.25, -0.2) is 4.79 Å². The van der Waals surface area contributed by atoms with Gasteiger partial charge in [-0.15, -0.1) is 8.78 Å². The second kappa shape index (κ2) is 9.82. The number of ketones is 1. The minimum absolute atomic E-state index is 0.0396. The molecule has 2 aromatic rings. The SMILES string of the molecule is CC(C)N1c2c(Br)cc(C(=O)Cc3ccc(OC(F)(F)Cl)cc3)cc2CC1C(=O)OC(C)(C)C. The molecule has 0 N–H and O–H groups in total. The van der Waals surface area contributed by atoms with E-state index in [4.69, 9.17) is 16.3 Å². The number of ether oxygens (including phenoxy) is 2. The average molecular weight is 559 g/mol. The van der Waals surface area contributed by atoms with Crippen LogP contribution in [-0.4, -0.2) is 35.0 Å². The van der Waals surface area contributed by atoms with Crippen LogP contribution in [0.4, 0.5) is 14.5 Å². The third-order valence-corrected chi connectivity index (χ3v) is 5.91. The van der Waals surface area contributed by atoms with Gasteiger partial charge in [-0.1, -0.05) is 12.1 Å². The molecule has 34 heavy (non-hydrogen) atoms. The zero-order chi connectivity index (χ0) is 25.4. The minimum atomic E-state index is -3.80. The monoisotopic (exact) mass is 557 g/mol. The average Bonchev–Trinajstić information content (AvgIpc) is 3.08. The van der Waals surface area contributed by atoms with Gasteiger partial charge < -0.3 is 14.4 Å². The number of Topliss-reactive ketones (excluding diaryl/α,β-unsaturated/α-hetero) is 1. The van der Waals surface area contributed by atoms with Crippen molar-refractivity contribution in [2.75, 3.05) is 4.90 Å². The number of benzene rings is 2. The molecule has 0 amide bonds. The fourth-order valence-electron chi connectivity index (χ4n) is 4.01. The highest BCUT2D eigenvalue weighted by Gasteiger charge is 2.40. The number of hydrogen-bond acceptors (Lipinski definition) is 5. The molecule has 184 valence electrons. The number of alkyl halides is 3. The van der Waals surface area contributed by atoms with Crippen LogP contribution in [-0.2, 0) is 22.4 Å². The highest BCUT2D eigenvalue weighted by Crippen LogP contribution is 2.41. The molecule has 0 aliphatic carbocycles. The Morgan fingerprint density at radius 3 is 2.32 bits per heavy atom. The maximum atomic E-state index is 13.0. The molecule has 1 aliphatic heterocycles. The highest BCUT2D eigenvalue weighted by molar-refractivity contribution is 9.10. The van der Waals surface area contributed by atoms with E-state index in [1.165, 1.54) is 24.3 Å². The van der Waals surface area contributed by atoms with Crippen LogP contribution >= 0.6 is 27.5 Å². The fourth-order valence-corrected chi connectivity index (χ4v) is 4.80. The van der Waals surface area contributed by atoms with Crippen LogP contribution in [0, 0.1) is 0 Å². The Morgan fingerprint density at radius 2 is 1.79 bits per heavy atom. The lowest BCUT2D eigenvalue weighted by atomic mass is 9.99. The van der Waals surface area contributed by atoms with Crippen molar-refractivity contribution in [2.45, 2.75) is 70.7 Å². The van der Waals surface area contributed by atoms with Crippen LogP contribution < -0.4 is 9.64 Å². The molecule has 0 aromatic heterocycles. The van der Waals surface area contributed by atoms with Crippen molar-refractivity contribution in [1.29, 1.82) is 0 Å². The molecule has 0 saturated carbocycles. The van der Waals surface area contributed by atoms with Crippen LogP contribution in [0.25, 0.3) is 0 Å². The molecule has 1 aliphatic rings. The molecule has 2 aromatic carbocycles. The van der Waals surface area contributed by atoms with Gasteiger partial charge >= 0.3 is 11.5 Å². The zero-order valence-corrected chi connectivity index (χ0v) is 22.0. The summed E-state index contributed by atoms with van der Waals surface area (Å²) in [6.45, 7) is 9.51. The van der Waals surface area contributed by atoms with Crippen molar-refractivity contribution in [3.63, 3.8) is 0 Å². The Balaban J connectivity index is 1.82. The Labute approximate surface area is 211 Å². The number of carbonyl (C=O) groups excluding carboxylic acids is 2. The number of hydrogen-bond donors (Lipinski definition) is 0. The van der Waals surface area contributed by atoms with Crippen LogP contribution in [0.2, 0.25) is 0 Å². The largest absolute Gasteiger partial charge is 0.487 e. The van der Waals surface area contributed by atoms with Crippen LogP contribution in [0.5, 0.6) is 5.75 Å². The number of halogens is 4. The lowest BCUT2D eigenvalue weighted by molar-refractivity contribution is -0.156. The first-order valence-corrected chi connectivity index (χ1v) is 12.0. The van der Waals surface area contributed by atoms with Gasteiger partial charge in [0.05, 0.1) is 5.69 Å². The number of esters is 1. The standard InChI is InChI=1S/C25H27BrClF2NO4/c1-14(2)30-20(23(32)34-24(3,4)5)13-17-11-16(12-19(26)22(17)30)21(31)10-15-6-8-18(9-7-15)33-25(27,28)29/h6-9,11-12,14,20H,10,13H2,1-5H3. The predicted molar refractivity (Wildman–Crippen MR) is 131 cm³/mol. The second-order valence-corrected chi connectivity index (χ2v) is 10.8. The van der Waals surface area contributed by atoms with Gasteiger partial charge in [-0.05, 0) is 85.9 Å². The van der Waals surface area contributed by atoms with Crippen molar-refractivity contribution in [2.24, 2.45) is 0 Å². The van der Waals surface area contributed by atoms with E-state index in [0.717, 1.165) is 15.7 Å². The number of rotatable bonds is 7. The lowest BCUT2D eigenvalue weighted by Gasteiger charge is -2.32. The number of carbonyl (C=O) groups is 2. The maximum Gasteiger partial charge on any atom is 0.487 e. The Hall–Kier alpha value is -2.19. The minimum Gasteiger partial charge on any atom is -0.458 e. The Kier molecular flexibility index (Phi) is 7.63. The van der Waals surface area contributed by atoms with Crippen LogP contribution in [0.1, 0.15) is 56.1 Å². The van der Waals surface area contributed by atoms with Crippen molar-refractivity contribution in [3.05, 3.63) is 57.6 Å². The van der Waals surface area contributed by atoms with E-state index in [1.54, 1.807) is 6.07 Å². The van der Waals surface area contributed by atoms with Gasteiger partial charge in [0.15, 0.2) is 5.78 Å². The van der Waals surface area contributed by atoms with E-state index in [9.17, 15) is 18.4 Å². The summed E-state index contributed by atoms with van der Waals surface area (Å²) in [6, 6.07) is 8.87. The zero-order valence-electron chi connectivity index (χ0n) is 19.6. The second-order valence-electron chi connectivity index (χ2n) is 9.51. The topological polar surface area (TPSA) is 55.8 Å².